The van der Waals surface area contributed by atoms with E-state index >= 15 is 0 Å². The summed E-state index contributed by atoms with van der Waals surface area (Å²) >= 11 is 18.4. The number of H-pyrrole nitrogens is 1. The van der Waals surface area contributed by atoms with Crippen LogP contribution in [0.2, 0.25) is 15.1 Å². The third-order valence-corrected chi connectivity index (χ3v) is 17.4. The first-order valence-corrected chi connectivity index (χ1v) is 32.5. The second-order valence-corrected chi connectivity index (χ2v) is 24.8. The van der Waals surface area contributed by atoms with E-state index in [0.29, 0.717) is 55.7 Å². The molecule has 0 spiro atoms. The zero-order chi connectivity index (χ0) is 64.4. The number of piperazine rings is 3. The Labute approximate surface area is 544 Å². The number of halogens is 3. The molecule has 91 heavy (non-hydrogen) atoms. The Kier molecular flexibility index (Phi) is 24.4. The van der Waals surface area contributed by atoms with E-state index in [1.165, 1.54) is 26.6 Å². The normalized spacial score (nSPS) is 16.8. The van der Waals surface area contributed by atoms with Gasteiger partial charge in [0.05, 0.1) is 0 Å². The van der Waals surface area contributed by atoms with Gasteiger partial charge in [-0.05, 0) is 138 Å². The lowest BCUT2D eigenvalue weighted by Crippen LogP contribution is -2.54. The molecule has 3 fully saturated rings. The summed E-state index contributed by atoms with van der Waals surface area (Å²) in [6.45, 7) is 19.2. The Morgan fingerprint density at radius 3 is 1.63 bits per heavy atom. The Balaban J connectivity index is 0.000000152. The van der Waals surface area contributed by atoms with Gasteiger partial charge < -0.3 is 14.7 Å². The highest BCUT2D eigenvalue weighted by Gasteiger charge is 2.30. The van der Waals surface area contributed by atoms with Crippen molar-refractivity contribution in [3.63, 3.8) is 0 Å². The number of hydrogen-bond donors (Lipinski definition) is 1. The predicted molar refractivity (Wildman–Crippen MR) is 362 cm³/mol. The van der Waals surface area contributed by atoms with Gasteiger partial charge in [-0.2, -0.15) is 5.10 Å². The number of benzene rings is 3. The number of rotatable bonds is 20. The van der Waals surface area contributed by atoms with Gasteiger partial charge >= 0.3 is 17.1 Å². The quantitative estimate of drug-likeness (QED) is 0.0757. The number of aryl methyl sites for hydroxylation is 2. The molecule has 3 saturated heterocycles. The molecule has 12 rings (SSSR count). The number of aromatic nitrogens is 9. The van der Waals surface area contributed by atoms with Crippen molar-refractivity contribution in [2.24, 2.45) is 0 Å². The predicted octanol–water partition coefficient (Wildman–Crippen LogP) is 9.05. The number of carbonyl (C=O) groups excluding carboxylic acids is 3. The van der Waals surface area contributed by atoms with Crippen molar-refractivity contribution in [1.29, 1.82) is 0 Å². The minimum Gasteiger partial charge on any atom is -0.369 e. The number of nitrogens with zero attached hydrogens (tertiary/aromatic N) is 14. The first-order valence-electron chi connectivity index (χ1n) is 31.3. The summed E-state index contributed by atoms with van der Waals surface area (Å²) in [7, 11) is 0. The fraction of sp³-hybridized carbons (Fsp3) is 0.418. The average molecular weight is 1300 g/mol. The smallest absolute Gasteiger partial charge is 0.350 e. The van der Waals surface area contributed by atoms with Crippen LogP contribution in [0.15, 0.2) is 160 Å². The van der Waals surface area contributed by atoms with Crippen LogP contribution in [0.25, 0.3) is 16.9 Å². The lowest BCUT2D eigenvalue weighted by Gasteiger charge is -2.42. The molecule has 3 aromatic carbocycles. The molecule has 3 aliphatic heterocycles. The Morgan fingerprint density at radius 1 is 0.527 bits per heavy atom. The van der Waals surface area contributed by atoms with Gasteiger partial charge in [0.1, 0.15) is 17.3 Å². The van der Waals surface area contributed by atoms with Crippen molar-refractivity contribution in [3.8, 4) is 0 Å². The molecule has 0 aliphatic carbocycles. The first-order chi connectivity index (χ1) is 44.0. The van der Waals surface area contributed by atoms with E-state index in [-0.39, 0.29) is 52.5 Å². The van der Waals surface area contributed by atoms with E-state index in [2.05, 4.69) is 74.9 Å². The molecule has 0 bridgehead atoms. The number of pyridine rings is 3. The number of unbranched alkanes of at least 4 members (excludes halogenated alkanes) is 1. The number of carbonyl (C=O) groups is 3. The van der Waals surface area contributed by atoms with Gasteiger partial charge in [0.15, 0.2) is 16.9 Å². The van der Waals surface area contributed by atoms with E-state index in [1.807, 2.05) is 97.1 Å². The Bertz CT molecular complexity index is 4040. The summed E-state index contributed by atoms with van der Waals surface area (Å²) in [4.78, 5) is 85.3. The number of Topliss-reactive ketones (excluding diaryl/α,β-unsaturated/α-hetero) is 3. The monoisotopic (exact) mass is 1300 g/mol. The number of ketones is 3. The molecular weight excluding hydrogens is 1220 g/mol. The second kappa shape index (κ2) is 32.9. The summed E-state index contributed by atoms with van der Waals surface area (Å²) in [5, 5.41) is 17.1. The zero-order valence-corrected chi connectivity index (χ0v) is 54.5. The first kappa shape index (κ1) is 67.5. The van der Waals surface area contributed by atoms with Crippen LogP contribution in [0.4, 0.5) is 17.1 Å². The maximum Gasteiger partial charge on any atom is 0.350 e. The van der Waals surface area contributed by atoms with Crippen molar-refractivity contribution in [2.75, 3.05) is 93.2 Å². The molecule has 1 N–H and O–H groups in total. The third-order valence-electron chi connectivity index (χ3n) is 16.7. The second-order valence-electron chi connectivity index (χ2n) is 23.4. The summed E-state index contributed by atoms with van der Waals surface area (Å²) < 4.78 is 7.58. The number of nitrogens with one attached hydrogen (secondary N) is 1. The molecular formula is C67H82Cl3N15O6. The number of anilines is 3. The standard InChI is InChI=1S/2C22H26ClN5O2.C17H25ClN2O.C6H5N3O/c1-17(29)14-20-16-26(19-7-4-6-18(23)15-19)13-12-25(20)9-5-11-28-22(30)27-10-3-2-8-21(27)24-28;1-17(29)15-20(8-10-28-22(30)27-9-3-2-7-21(27)24-28)26-13-11-25(12-14-26)19-6-4-5-18(23)16-19;1-3-4-8-19-9-10-20(17(13-19)11-14(2)21)16-7-5-6-15(18)12-16;10-6-8-7-5-3-1-2-4-9(5)6/h2-4,6-8,10,15,20H,5,9,11-14,16H2,1H3;2-7,9,16,20H,8,10-15H2,1H3;5-7,12,17H,3-4,8-11,13H2,1-2H3;1-4H,(H,8,10). The van der Waals surface area contributed by atoms with Gasteiger partial charge in [0.25, 0.3) is 0 Å². The SMILES string of the molecule is CC(=O)CC(CCn1nc2ccccn2c1=O)N1CCN(c2cccc(Cl)c2)CC1.CC(=O)CC1CN(c2cccc(Cl)c2)CCN1CCCn1nc2ccccn2c1=O.CCCCN1CCN(c2cccc(Cl)c2)C(CC(C)=O)C1.O=c1[nH]nc2ccccn12. The van der Waals surface area contributed by atoms with Crippen molar-refractivity contribution < 1.29 is 14.4 Å². The van der Waals surface area contributed by atoms with Crippen molar-refractivity contribution in [1.82, 2.24) is 57.7 Å². The molecule has 21 nitrogen and oxygen atoms in total. The topological polar surface area (TPSA) is 199 Å². The van der Waals surface area contributed by atoms with E-state index in [4.69, 9.17) is 34.8 Å². The molecule has 0 saturated carbocycles. The fourth-order valence-electron chi connectivity index (χ4n) is 12.2. The highest BCUT2D eigenvalue weighted by molar-refractivity contribution is 6.31. The van der Waals surface area contributed by atoms with E-state index in [0.717, 1.165) is 117 Å². The lowest BCUT2D eigenvalue weighted by atomic mass is 10.0. The Hall–Kier alpha value is -7.92. The summed E-state index contributed by atoms with van der Waals surface area (Å²) in [6.07, 6.45) is 10.7. The highest BCUT2D eigenvalue weighted by Crippen LogP contribution is 2.28. The van der Waals surface area contributed by atoms with E-state index in [1.54, 1.807) is 60.3 Å². The molecule has 6 aromatic heterocycles. The van der Waals surface area contributed by atoms with Gasteiger partial charge in [-0.3, -0.25) is 42.3 Å². The molecule has 9 heterocycles. The summed E-state index contributed by atoms with van der Waals surface area (Å²) in [5.41, 5.74) is 4.84. The molecule has 3 atom stereocenters. The molecule has 24 heteroatoms. The van der Waals surface area contributed by atoms with Gasteiger partial charge in [0.2, 0.25) is 0 Å². The van der Waals surface area contributed by atoms with E-state index < -0.39 is 0 Å². The van der Waals surface area contributed by atoms with Crippen LogP contribution in [0.1, 0.15) is 72.6 Å². The molecule has 9 aromatic rings. The lowest BCUT2D eigenvalue weighted by molar-refractivity contribution is -0.119. The van der Waals surface area contributed by atoms with Crippen molar-refractivity contribution in [3.05, 3.63) is 193 Å². The van der Waals surface area contributed by atoms with Crippen LogP contribution < -0.4 is 31.8 Å². The van der Waals surface area contributed by atoms with Crippen LogP contribution in [0.5, 0.6) is 0 Å². The van der Waals surface area contributed by atoms with Crippen LogP contribution >= 0.6 is 34.8 Å². The number of hydrogen-bond acceptors (Lipinski definition) is 15. The van der Waals surface area contributed by atoms with Gasteiger partial charge in [-0.15, -0.1) is 10.2 Å². The number of fused-ring (bicyclic) bond motifs is 3. The minimum atomic E-state index is -0.199. The highest BCUT2D eigenvalue weighted by atomic mass is 35.5. The van der Waals surface area contributed by atoms with Crippen molar-refractivity contribution >= 4 is 86.2 Å². The van der Waals surface area contributed by atoms with Crippen LogP contribution in [0, 0.1) is 0 Å². The van der Waals surface area contributed by atoms with Gasteiger partial charge in [-0.1, -0.05) is 84.5 Å². The zero-order valence-electron chi connectivity index (χ0n) is 52.3. The maximum absolute atomic E-state index is 12.5. The summed E-state index contributed by atoms with van der Waals surface area (Å²) in [6, 6.07) is 40.6. The molecule has 0 radical (unpaired) electrons. The van der Waals surface area contributed by atoms with Crippen molar-refractivity contribution in [2.45, 2.75) is 104 Å². The summed E-state index contributed by atoms with van der Waals surface area (Å²) in [5.74, 6) is 0.610. The number of aromatic amines is 1. The van der Waals surface area contributed by atoms with Crippen LogP contribution in [-0.4, -0.2) is 172 Å². The average Bonchev–Trinajstić information content (AvgIpc) is 3.23. The minimum absolute atomic E-state index is 0.0979. The van der Waals surface area contributed by atoms with E-state index in [9.17, 15) is 28.8 Å². The fourth-order valence-corrected chi connectivity index (χ4v) is 12.7. The molecule has 0 amide bonds. The van der Waals surface area contributed by atoms with Crippen LogP contribution in [-0.2, 0) is 27.5 Å². The maximum atomic E-state index is 12.5. The van der Waals surface area contributed by atoms with Gasteiger partial charge in [-0.25, -0.2) is 28.8 Å². The Morgan fingerprint density at radius 2 is 1.07 bits per heavy atom. The molecule has 3 unspecified atom stereocenters. The molecule has 482 valence electrons. The van der Waals surface area contributed by atoms with Gasteiger partial charge in [0, 0.05) is 173 Å². The third kappa shape index (κ3) is 18.9. The van der Waals surface area contributed by atoms with Crippen LogP contribution in [0.3, 0.4) is 0 Å². The largest absolute Gasteiger partial charge is 0.369 e. The molecule has 3 aliphatic rings.